The molecular formula is C22H34N2O8S. The second-order valence-corrected chi connectivity index (χ2v) is 11.0. The molecule has 0 fully saturated rings. The fourth-order valence-corrected chi connectivity index (χ4v) is 3.93. The van der Waals surface area contributed by atoms with E-state index in [0.717, 1.165) is 0 Å². The number of alkyl carbamates (subject to hydrolysis) is 1. The SMILES string of the molecule is CCc1ccccc1S(=O)(=O)NC(CC(=O)OCOC(=O)C(C)(C)C)NC(=O)OC(C)(C)C. The van der Waals surface area contributed by atoms with Crippen LogP contribution < -0.4 is 10.0 Å². The minimum atomic E-state index is -4.10. The number of esters is 2. The first-order valence-corrected chi connectivity index (χ1v) is 12.0. The molecule has 33 heavy (non-hydrogen) atoms. The standard InChI is InChI=1S/C22H34N2O8S/c1-8-15-11-9-10-12-16(15)33(28,29)24-17(23-20(27)32-22(5,6)7)13-18(25)30-14-31-19(26)21(2,3)4/h9-12,17,24H,8,13-14H2,1-7H3,(H,23,27). The average Bonchev–Trinajstić information content (AvgIpc) is 2.65. The van der Waals surface area contributed by atoms with Crippen LogP contribution in [0.15, 0.2) is 29.2 Å². The first-order valence-electron chi connectivity index (χ1n) is 10.5. The maximum atomic E-state index is 13.0. The van der Waals surface area contributed by atoms with Crippen LogP contribution in [0.3, 0.4) is 0 Å². The normalized spacial score (nSPS) is 13.1. The number of hydrogen-bond donors (Lipinski definition) is 2. The molecule has 0 spiro atoms. The first kappa shape index (κ1) is 28.4. The average molecular weight is 487 g/mol. The summed E-state index contributed by atoms with van der Waals surface area (Å²) in [6.07, 6.45) is -2.41. The molecule has 1 aromatic rings. The second-order valence-electron chi connectivity index (χ2n) is 9.30. The fraction of sp³-hybridized carbons (Fsp3) is 0.591. The summed E-state index contributed by atoms with van der Waals surface area (Å²) in [6, 6.07) is 6.38. The van der Waals surface area contributed by atoms with Crippen LogP contribution in [0, 0.1) is 5.41 Å². The smallest absolute Gasteiger partial charge is 0.408 e. The van der Waals surface area contributed by atoms with Crippen molar-refractivity contribution in [1.29, 1.82) is 0 Å². The van der Waals surface area contributed by atoms with E-state index in [-0.39, 0.29) is 4.90 Å². The highest BCUT2D eigenvalue weighted by atomic mass is 32.2. The molecule has 0 aliphatic heterocycles. The maximum Gasteiger partial charge on any atom is 0.408 e. The molecule has 0 radical (unpaired) electrons. The summed E-state index contributed by atoms with van der Waals surface area (Å²) < 4.78 is 43.1. The lowest BCUT2D eigenvalue weighted by Gasteiger charge is -2.24. The predicted molar refractivity (Wildman–Crippen MR) is 120 cm³/mol. The van der Waals surface area contributed by atoms with E-state index < -0.39 is 58.5 Å². The number of nitrogens with one attached hydrogen (secondary N) is 2. The number of ether oxygens (including phenoxy) is 3. The van der Waals surface area contributed by atoms with Crippen molar-refractivity contribution in [3.8, 4) is 0 Å². The van der Waals surface area contributed by atoms with Gasteiger partial charge in [-0.15, -0.1) is 0 Å². The number of hydrogen-bond acceptors (Lipinski definition) is 8. The molecule has 1 aromatic carbocycles. The maximum absolute atomic E-state index is 13.0. The highest BCUT2D eigenvalue weighted by molar-refractivity contribution is 7.89. The van der Waals surface area contributed by atoms with Crippen LogP contribution in [0.4, 0.5) is 4.79 Å². The van der Waals surface area contributed by atoms with Gasteiger partial charge in [-0.05, 0) is 59.6 Å². The van der Waals surface area contributed by atoms with Gasteiger partial charge in [0.1, 0.15) is 11.8 Å². The summed E-state index contributed by atoms with van der Waals surface area (Å²) in [5.41, 5.74) is -1.06. The Labute approximate surface area is 195 Å². The van der Waals surface area contributed by atoms with Crippen molar-refractivity contribution in [1.82, 2.24) is 10.0 Å². The van der Waals surface area contributed by atoms with Gasteiger partial charge in [-0.3, -0.25) is 9.59 Å². The molecule has 0 aliphatic carbocycles. The van der Waals surface area contributed by atoms with E-state index in [1.807, 2.05) is 0 Å². The van der Waals surface area contributed by atoms with Gasteiger partial charge in [0, 0.05) is 0 Å². The second kappa shape index (κ2) is 11.5. The van der Waals surface area contributed by atoms with Gasteiger partial charge >= 0.3 is 18.0 Å². The van der Waals surface area contributed by atoms with E-state index in [9.17, 15) is 22.8 Å². The molecule has 10 nitrogen and oxygen atoms in total. The van der Waals surface area contributed by atoms with Crippen LogP contribution in [0.25, 0.3) is 0 Å². The molecule has 1 unspecified atom stereocenters. The Bertz CT molecular complexity index is 946. The van der Waals surface area contributed by atoms with Crippen LogP contribution in [0.1, 0.15) is 60.5 Å². The number of benzene rings is 1. The summed E-state index contributed by atoms with van der Waals surface area (Å²) in [5, 5.41) is 2.33. The van der Waals surface area contributed by atoms with E-state index in [4.69, 9.17) is 14.2 Å². The number of rotatable bonds is 9. The minimum Gasteiger partial charge on any atom is -0.444 e. The molecule has 0 aliphatic rings. The zero-order chi connectivity index (χ0) is 25.4. The molecule has 2 N–H and O–H groups in total. The molecule has 0 saturated heterocycles. The topological polar surface area (TPSA) is 137 Å². The third-order valence-corrected chi connectivity index (χ3v) is 5.60. The zero-order valence-corrected chi connectivity index (χ0v) is 21.0. The fourth-order valence-electron chi connectivity index (χ4n) is 2.47. The third-order valence-electron chi connectivity index (χ3n) is 4.02. The molecular weight excluding hydrogens is 452 g/mol. The van der Waals surface area contributed by atoms with Crippen molar-refractivity contribution in [3.63, 3.8) is 0 Å². The van der Waals surface area contributed by atoms with E-state index in [1.54, 1.807) is 66.7 Å². The van der Waals surface area contributed by atoms with E-state index >= 15 is 0 Å². The Balaban J connectivity index is 2.96. The van der Waals surface area contributed by atoms with Crippen LogP contribution >= 0.6 is 0 Å². The number of amides is 1. The molecule has 1 amide bonds. The van der Waals surface area contributed by atoms with Gasteiger partial charge in [-0.1, -0.05) is 25.1 Å². The van der Waals surface area contributed by atoms with Crippen molar-refractivity contribution in [3.05, 3.63) is 29.8 Å². The van der Waals surface area contributed by atoms with Crippen molar-refractivity contribution < 1.29 is 37.0 Å². The highest BCUT2D eigenvalue weighted by Gasteiger charge is 2.28. The van der Waals surface area contributed by atoms with Gasteiger partial charge in [-0.2, -0.15) is 4.72 Å². The highest BCUT2D eigenvalue weighted by Crippen LogP contribution is 2.17. The quantitative estimate of drug-likeness (QED) is 0.401. The van der Waals surface area contributed by atoms with Crippen molar-refractivity contribution in [2.45, 2.75) is 78.0 Å². The monoisotopic (exact) mass is 486 g/mol. The number of carbonyl (C=O) groups excluding carboxylic acids is 3. The van der Waals surface area contributed by atoms with Crippen LogP contribution in [0.2, 0.25) is 0 Å². The summed E-state index contributed by atoms with van der Waals surface area (Å²) in [5.74, 6) is -1.47. The Morgan fingerprint density at radius 2 is 1.61 bits per heavy atom. The molecule has 1 atom stereocenters. The van der Waals surface area contributed by atoms with Gasteiger partial charge in [0.2, 0.25) is 16.8 Å². The molecule has 186 valence electrons. The van der Waals surface area contributed by atoms with Crippen LogP contribution in [0.5, 0.6) is 0 Å². The molecule has 0 aromatic heterocycles. The van der Waals surface area contributed by atoms with E-state index in [2.05, 4.69) is 10.0 Å². The summed E-state index contributed by atoms with van der Waals surface area (Å²) >= 11 is 0. The lowest BCUT2D eigenvalue weighted by molar-refractivity contribution is -0.173. The summed E-state index contributed by atoms with van der Waals surface area (Å²) in [7, 11) is -4.10. The lowest BCUT2D eigenvalue weighted by Crippen LogP contribution is -2.50. The predicted octanol–water partition coefficient (Wildman–Crippen LogP) is 2.86. The van der Waals surface area contributed by atoms with E-state index in [1.165, 1.54) is 6.07 Å². The third kappa shape index (κ3) is 10.2. The van der Waals surface area contributed by atoms with Gasteiger partial charge in [-0.25, -0.2) is 13.2 Å². The first-order chi connectivity index (χ1) is 15.0. The van der Waals surface area contributed by atoms with Crippen molar-refractivity contribution in [2.75, 3.05) is 6.79 Å². The number of aryl methyl sites for hydroxylation is 1. The van der Waals surface area contributed by atoms with Crippen molar-refractivity contribution in [2.24, 2.45) is 5.41 Å². The van der Waals surface area contributed by atoms with Gasteiger partial charge in [0.05, 0.1) is 16.7 Å². The summed E-state index contributed by atoms with van der Waals surface area (Å²) in [6.45, 7) is 11.0. The molecule has 1 rings (SSSR count). The van der Waals surface area contributed by atoms with Crippen LogP contribution in [-0.2, 0) is 40.2 Å². The van der Waals surface area contributed by atoms with Gasteiger partial charge in [0.15, 0.2) is 0 Å². The molecule has 0 heterocycles. The Morgan fingerprint density at radius 3 is 2.15 bits per heavy atom. The molecule has 0 saturated carbocycles. The lowest BCUT2D eigenvalue weighted by atomic mass is 9.98. The van der Waals surface area contributed by atoms with Crippen LogP contribution in [-0.4, -0.2) is 45.0 Å². The summed E-state index contributed by atoms with van der Waals surface area (Å²) in [4.78, 5) is 36.3. The largest absolute Gasteiger partial charge is 0.444 e. The van der Waals surface area contributed by atoms with E-state index in [0.29, 0.717) is 12.0 Å². The zero-order valence-electron chi connectivity index (χ0n) is 20.2. The number of sulfonamides is 1. The van der Waals surface area contributed by atoms with Gasteiger partial charge < -0.3 is 19.5 Å². The van der Waals surface area contributed by atoms with Crippen molar-refractivity contribution >= 4 is 28.1 Å². The van der Waals surface area contributed by atoms with Gasteiger partial charge in [0.25, 0.3) is 0 Å². The Hall–Kier alpha value is -2.66. The molecule has 11 heteroatoms. The molecule has 0 bridgehead atoms. The number of carbonyl (C=O) groups is 3. The minimum absolute atomic E-state index is 0.0240. The Morgan fingerprint density at radius 1 is 1.00 bits per heavy atom. The Kier molecular flexibility index (Phi) is 9.86.